The van der Waals surface area contributed by atoms with Gasteiger partial charge < -0.3 is 15.1 Å². The zero-order valence-electron chi connectivity index (χ0n) is 8.68. The molecule has 1 fully saturated rings. The van der Waals surface area contributed by atoms with Gasteiger partial charge in [0.2, 0.25) is 0 Å². The Kier molecular flexibility index (Phi) is 3.22. The molecule has 1 aromatic heterocycles. The zero-order valence-corrected chi connectivity index (χ0v) is 8.68. The highest BCUT2D eigenvalue weighted by atomic mass is 16.3. The van der Waals surface area contributed by atoms with E-state index in [-0.39, 0.29) is 0 Å². The van der Waals surface area contributed by atoms with Gasteiger partial charge in [0.15, 0.2) is 0 Å². The number of furan rings is 1. The van der Waals surface area contributed by atoms with E-state index in [1.54, 1.807) is 6.26 Å². The Morgan fingerprint density at radius 3 is 2.93 bits per heavy atom. The van der Waals surface area contributed by atoms with Gasteiger partial charge in [-0.1, -0.05) is 0 Å². The average molecular weight is 194 g/mol. The highest BCUT2D eigenvalue weighted by Crippen LogP contribution is 2.17. The van der Waals surface area contributed by atoms with Crippen molar-refractivity contribution in [2.24, 2.45) is 0 Å². The number of rotatable bonds is 6. The maximum Gasteiger partial charge on any atom is 0.120 e. The van der Waals surface area contributed by atoms with E-state index in [4.69, 9.17) is 4.42 Å². The van der Waals surface area contributed by atoms with E-state index >= 15 is 0 Å². The van der Waals surface area contributed by atoms with Crippen LogP contribution in [0.25, 0.3) is 0 Å². The molecule has 0 aromatic carbocycles. The fourth-order valence-corrected chi connectivity index (χ4v) is 1.44. The Balaban J connectivity index is 1.56. The normalized spacial score (nSPS) is 16.1. The predicted molar refractivity (Wildman–Crippen MR) is 56.2 cm³/mol. The SMILES string of the molecule is Cc1ccoc1CNCCNC1CC1. The molecule has 2 N–H and O–H groups in total. The van der Waals surface area contributed by atoms with Gasteiger partial charge in [-0.15, -0.1) is 0 Å². The second kappa shape index (κ2) is 4.62. The Bertz CT molecular complexity index is 279. The van der Waals surface area contributed by atoms with Crippen LogP contribution in [0.4, 0.5) is 0 Å². The van der Waals surface area contributed by atoms with Gasteiger partial charge in [-0.2, -0.15) is 0 Å². The first kappa shape index (κ1) is 9.74. The van der Waals surface area contributed by atoms with E-state index in [0.717, 1.165) is 31.4 Å². The lowest BCUT2D eigenvalue weighted by Gasteiger charge is -2.04. The molecule has 3 heteroatoms. The average Bonchev–Trinajstić information content (AvgIpc) is 2.91. The predicted octanol–water partition coefficient (Wildman–Crippen LogP) is 1.43. The van der Waals surface area contributed by atoms with E-state index in [9.17, 15) is 0 Å². The van der Waals surface area contributed by atoms with Crippen molar-refractivity contribution in [3.05, 3.63) is 23.7 Å². The number of hydrogen-bond acceptors (Lipinski definition) is 3. The van der Waals surface area contributed by atoms with Crippen LogP contribution in [0.2, 0.25) is 0 Å². The molecule has 1 aromatic rings. The standard InChI is InChI=1S/C11H18N2O/c1-9-4-7-14-11(9)8-12-5-6-13-10-2-3-10/h4,7,10,12-13H,2-3,5-6,8H2,1H3. The Morgan fingerprint density at radius 2 is 2.29 bits per heavy atom. The van der Waals surface area contributed by atoms with E-state index in [1.165, 1.54) is 18.4 Å². The number of hydrogen-bond donors (Lipinski definition) is 2. The summed E-state index contributed by atoms with van der Waals surface area (Å²) in [4.78, 5) is 0. The third kappa shape index (κ3) is 2.86. The third-order valence-corrected chi connectivity index (χ3v) is 2.57. The molecule has 78 valence electrons. The Labute approximate surface area is 84.9 Å². The molecular weight excluding hydrogens is 176 g/mol. The van der Waals surface area contributed by atoms with Crippen LogP contribution < -0.4 is 10.6 Å². The van der Waals surface area contributed by atoms with Gasteiger partial charge in [0.25, 0.3) is 0 Å². The van der Waals surface area contributed by atoms with Gasteiger partial charge in [-0.3, -0.25) is 0 Å². The van der Waals surface area contributed by atoms with Gasteiger partial charge in [0.05, 0.1) is 12.8 Å². The Morgan fingerprint density at radius 1 is 1.43 bits per heavy atom. The number of aryl methyl sites for hydroxylation is 1. The topological polar surface area (TPSA) is 37.2 Å². The van der Waals surface area contributed by atoms with E-state index < -0.39 is 0 Å². The Hall–Kier alpha value is -0.800. The van der Waals surface area contributed by atoms with Crippen molar-refractivity contribution in [2.75, 3.05) is 13.1 Å². The van der Waals surface area contributed by atoms with E-state index in [2.05, 4.69) is 17.6 Å². The lowest BCUT2D eigenvalue weighted by Crippen LogP contribution is -2.28. The highest BCUT2D eigenvalue weighted by molar-refractivity contribution is 5.13. The molecule has 1 aliphatic rings. The summed E-state index contributed by atoms with van der Waals surface area (Å²) in [5.41, 5.74) is 1.23. The minimum Gasteiger partial charge on any atom is -0.468 e. The van der Waals surface area contributed by atoms with Crippen LogP contribution in [0, 0.1) is 6.92 Å². The summed E-state index contributed by atoms with van der Waals surface area (Å²) in [7, 11) is 0. The summed E-state index contributed by atoms with van der Waals surface area (Å²) in [6, 6.07) is 2.81. The van der Waals surface area contributed by atoms with Crippen molar-refractivity contribution in [1.82, 2.24) is 10.6 Å². The summed E-state index contributed by atoms with van der Waals surface area (Å²) in [5, 5.41) is 6.81. The van der Waals surface area contributed by atoms with Crippen molar-refractivity contribution in [3.63, 3.8) is 0 Å². The summed E-state index contributed by atoms with van der Waals surface area (Å²) in [6.07, 6.45) is 4.46. The van der Waals surface area contributed by atoms with Crippen molar-refractivity contribution in [3.8, 4) is 0 Å². The summed E-state index contributed by atoms with van der Waals surface area (Å²) < 4.78 is 5.32. The first-order chi connectivity index (χ1) is 6.86. The molecule has 0 aliphatic heterocycles. The summed E-state index contributed by atoms with van der Waals surface area (Å²) >= 11 is 0. The quantitative estimate of drug-likeness (QED) is 0.673. The van der Waals surface area contributed by atoms with Gasteiger partial charge >= 0.3 is 0 Å². The van der Waals surface area contributed by atoms with Crippen molar-refractivity contribution in [1.29, 1.82) is 0 Å². The first-order valence-electron chi connectivity index (χ1n) is 5.33. The first-order valence-corrected chi connectivity index (χ1v) is 5.33. The molecule has 3 nitrogen and oxygen atoms in total. The molecule has 1 heterocycles. The van der Waals surface area contributed by atoms with Gasteiger partial charge in [-0.25, -0.2) is 0 Å². The van der Waals surface area contributed by atoms with Crippen LogP contribution in [0.1, 0.15) is 24.2 Å². The summed E-state index contributed by atoms with van der Waals surface area (Å²) in [6.45, 7) is 4.98. The lowest BCUT2D eigenvalue weighted by molar-refractivity contribution is 0.477. The van der Waals surface area contributed by atoms with E-state index in [1.807, 2.05) is 6.07 Å². The highest BCUT2D eigenvalue weighted by Gasteiger charge is 2.19. The van der Waals surface area contributed by atoms with Gasteiger partial charge in [-0.05, 0) is 31.4 Å². The van der Waals surface area contributed by atoms with Crippen molar-refractivity contribution < 1.29 is 4.42 Å². The maximum atomic E-state index is 5.32. The largest absolute Gasteiger partial charge is 0.468 e. The fraction of sp³-hybridized carbons (Fsp3) is 0.636. The van der Waals surface area contributed by atoms with Crippen LogP contribution in [0.3, 0.4) is 0 Å². The number of nitrogens with one attached hydrogen (secondary N) is 2. The molecule has 14 heavy (non-hydrogen) atoms. The second-order valence-corrected chi connectivity index (χ2v) is 3.93. The van der Waals surface area contributed by atoms with Crippen LogP contribution in [-0.4, -0.2) is 19.1 Å². The molecule has 0 bridgehead atoms. The molecule has 1 saturated carbocycles. The van der Waals surface area contributed by atoms with Crippen LogP contribution in [0.5, 0.6) is 0 Å². The summed E-state index contributed by atoms with van der Waals surface area (Å²) in [5.74, 6) is 1.05. The zero-order chi connectivity index (χ0) is 9.80. The van der Waals surface area contributed by atoms with Crippen LogP contribution in [0.15, 0.2) is 16.7 Å². The van der Waals surface area contributed by atoms with E-state index in [0.29, 0.717) is 0 Å². The minimum atomic E-state index is 0.808. The molecule has 1 aliphatic carbocycles. The molecule has 0 atom stereocenters. The van der Waals surface area contributed by atoms with Crippen LogP contribution >= 0.6 is 0 Å². The molecule has 0 unspecified atom stereocenters. The monoisotopic (exact) mass is 194 g/mol. The fourth-order valence-electron chi connectivity index (χ4n) is 1.44. The van der Waals surface area contributed by atoms with Crippen molar-refractivity contribution >= 4 is 0 Å². The molecule has 0 saturated heterocycles. The molecular formula is C11H18N2O. The molecule has 2 rings (SSSR count). The third-order valence-electron chi connectivity index (χ3n) is 2.57. The van der Waals surface area contributed by atoms with Gasteiger partial charge in [0.1, 0.15) is 5.76 Å². The molecule has 0 spiro atoms. The minimum absolute atomic E-state index is 0.808. The smallest absolute Gasteiger partial charge is 0.120 e. The second-order valence-electron chi connectivity index (χ2n) is 3.93. The molecule has 0 amide bonds. The van der Waals surface area contributed by atoms with Gasteiger partial charge in [0, 0.05) is 19.1 Å². The van der Waals surface area contributed by atoms with Crippen LogP contribution in [-0.2, 0) is 6.54 Å². The molecule has 0 radical (unpaired) electrons. The maximum absolute atomic E-state index is 5.32. The lowest BCUT2D eigenvalue weighted by atomic mass is 10.3. The van der Waals surface area contributed by atoms with Crippen molar-refractivity contribution in [2.45, 2.75) is 32.4 Å².